The number of phenolic OH excluding ortho intramolecular Hbond substituents is 2. The number of amides is 13. The monoisotopic (exact) mass is 1620 g/mol. The average molecular weight is 1620 g/mol. The number of aliphatic hydroxyl groups excluding tert-OH is 2. The van der Waals surface area contributed by atoms with E-state index in [2.05, 4.69) is 73.8 Å². The average Bonchev–Trinajstić information content (AvgIpc) is 1.20. The van der Waals surface area contributed by atoms with E-state index in [9.17, 15) is 63.6 Å². The molecule has 1 saturated carbocycles. The van der Waals surface area contributed by atoms with Gasteiger partial charge in [0.1, 0.15) is 83.6 Å². The van der Waals surface area contributed by atoms with Gasteiger partial charge in [-0.2, -0.15) is 23.5 Å². The minimum absolute atomic E-state index is 0.0253. The summed E-state index contributed by atoms with van der Waals surface area (Å²) in [5.41, 5.74) is 8.38. The summed E-state index contributed by atoms with van der Waals surface area (Å²) in [6.45, 7) is 9.04. The molecular weight excluding hydrogens is 1510 g/mol. The van der Waals surface area contributed by atoms with Gasteiger partial charge in [-0.1, -0.05) is 108 Å². The zero-order chi connectivity index (χ0) is 82.8. The molecule has 2 aromatic heterocycles. The molecule has 0 radical (unpaired) electrons. The van der Waals surface area contributed by atoms with E-state index < -0.39 is 167 Å². The number of pyridine rings is 1. The molecule has 1 aliphatic carbocycles. The number of nitrogens with zero attached hydrogens (tertiary/aromatic N) is 1. The van der Waals surface area contributed by atoms with Crippen LogP contribution in [0, 0.1) is 11.3 Å². The van der Waals surface area contributed by atoms with Gasteiger partial charge in [-0.3, -0.25) is 62.3 Å². The molecule has 8 rings (SSSR count). The minimum Gasteiger partial charge on any atom is -0.508 e. The van der Waals surface area contributed by atoms with E-state index in [0.29, 0.717) is 70.7 Å². The van der Waals surface area contributed by atoms with E-state index in [1.807, 2.05) is 24.3 Å². The fraction of sp³-hybridized carbons (Fsp3) is 0.525. The predicted octanol–water partition coefficient (Wildman–Crippen LogP) is 1.66. The number of thioether (sulfide) groups is 2. The van der Waals surface area contributed by atoms with E-state index in [4.69, 9.17) is 5.73 Å². The number of fused-ring (bicyclic) bond motifs is 12. The lowest BCUT2D eigenvalue weighted by Crippen LogP contribution is -2.63. The van der Waals surface area contributed by atoms with Crippen molar-refractivity contribution in [1.29, 1.82) is 0 Å². The van der Waals surface area contributed by atoms with Gasteiger partial charge in [-0.25, -0.2) is 4.98 Å². The van der Waals surface area contributed by atoms with Crippen LogP contribution < -0.4 is 69.5 Å². The van der Waals surface area contributed by atoms with Crippen molar-refractivity contribution in [3.63, 3.8) is 0 Å². The number of aromatic amines is 1. The second-order valence-corrected chi connectivity index (χ2v) is 32.6. The number of aromatic nitrogens is 2. The Morgan fingerprint density at radius 2 is 1.06 bits per heavy atom. The summed E-state index contributed by atoms with van der Waals surface area (Å²) in [6, 6.07) is 5.63. The van der Waals surface area contributed by atoms with Crippen LogP contribution in [0.1, 0.15) is 153 Å². The maximum atomic E-state index is 15.3. The number of rotatable bonds is 12. The van der Waals surface area contributed by atoms with E-state index in [0.717, 1.165) is 17.5 Å². The van der Waals surface area contributed by atoms with Gasteiger partial charge in [-0.15, -0.1) is 0 Å². The van der Waals surface area contributed by atoms with Crippen molar-refractivity contribution in [2.24, 2.45) is 17.1 Å². The Hall–Kier alpha value is -10.3. The first-order valence-corrected chi connectivity index (χ1v) is 41.1. The highest BCUT2D eigenvalue weighted by molar-refractivity contribution is 7.98. The largest absolute Gasteiger partial charge is 0.508 e. The number of H-pyrrole nitrogens is 1. The maximum absolute atomic E-state index is 15.3. The highest BCUT2D eigenvalue weighted by Crippen LogP contribution is 2.29. The lowest BCUT2D eigenvalue weighted by molar-refractivity contribution is -0.137. The molecule has 0 spiro atoms. The van der Waals surface area contributed by atoms with Gasteiger partial charge in [0.25, 0.3) is 0 Å². The topological polar surface area (TPSA) is 502 Å². The number of nitrogens with two attached hydrogens (primary N) is 1. The number of carbonyl (C=O) groups is 13. The molecule has 0 unspecified atom stereocenters. The maximum Gasteiger partial charge on any atom is 0.245 e. The van der Waals surface area contributed by atoms with Crippen LogP contribution in [0.2, 0.25) is 0 Å². The first-order valence-electron chi connectivity index (χ1n) is 38.8. The molecule has 2 aliphatic heterocycles. The van der Waals surface area contributed by atoms with Crippen molar-refractivity contribution in [2.45, 2.75) is 234 Å². The summed E-state index contributed by atoms with van der Waals surface area (Å²) in [5, 5.41) is 76.4. The third-order valence-electron chi connectivity index (χ3n) is 20.2. The highest BCUT2D eigenvalue weighted by Gasteiger charge is 2.41. The quantitative estimate of drug-likeness (QED) is 0.0844. The summed E-state index contributed by atoms with van der Waals surface area (Å²) < 4.78 is 0. The van der Waals surface area contributed by atoms with Crippen LogP contribution in [-0.4, -0.2) is 204 Å². The summed E-state index contributed by atoms with van der Waals surface area (Å²) in [5.74, 6) is -11.0. The van der Waals surface area contributed by atoms with Gasteiger partial charge in [0.15, 0.2) is 0 Å². The molecule has 2 fully saturated rings. The minimum atomic E-state index is -1.85. The van der Waals surface area contributed by atoms with E-state index in [1.165, 1.54) is 92.1 Å². The molecule has 4 bridgehead atoms. The molecule has 5 aromatic rings. The van der Waals surface area contributed by atoms with Crippen LogP contribution in [0.4, 0.5) is 0 Å². The van der Waals surface area contributed by atoms with Crippen LogP contribution in [-0.2, 0) is 93.1 Å². The molecular formula is C80H109N15O17S2. The van der Waals surface area contributed by atoms with Gasteiger partial charge in [0.05, 0.1) is 12.2 Å². The van der Waals surface area contributed by atoms with Gasteiger partial charge in [0.2, 0.25) is 76.8 Å². The molecule has 4 heterocycles. The zero-order valence-corrected chi connectivity index (χ0v) is 66.7. The Labute approximate surface area is 670 Å². The van der Waals surface area contributed by atoms with Crippen molar-refractivity contribution >= 4 is 111 Å². The van der Waals surface area contributed by atoms with Crippen molar-refractivity contribution in [2.75, 3.05) is 18.1 Å². The molecule has 13 amide bonds. The fourth-order valence-corrected chi connectivity index (χ4v) is 15.7. The van der Waals surface area contributed by atoms with Crippen LogP contribution in [0.15, 0.2) is 97.3 Å². The Kier molecular flexibility index (Phi) is 33.8. The first-order chi connectivity index (χ1) is 54.3. The van der Waals surface area contributed by atoms with Crippen LogP contribution in [0.25, 0.3) is 11.0 Å². The van der Waals surface area contributed by atoms with Gasteiger partial charge < -0.3 is 94.9 Å². The molecule has 19 N–H and O–H groups in total. The highest BCUT2D eigenvalue weighted by atomic mass is 32.2. The molecule has 3 aromatic carbocycles. The summed E-state index contributed by atoms with van der Waals surface area (Å²) >= 11 is 2.72. The number of hydrogen-bond donors (Lipinski definition) is 18. The zero-order valence-electron chi connectivity index (χ0n) is 65.1. The second-order valence-electron chi connectivity index (χ2n) is 30.5. The van der Waals surface area contributed by atoms with E-state index >= 15 is 19.2 Å². The predicted molar refractivity (Wildman–Crippen MR) is 428 cm³/mol. The third kappa shape index (κ3) is 27.2. The van der Waals surface area contributed by atoms with Gasteiger partial charge >= 0.3 is 0 Å². The molecule has 34 heteroatoms. The number of phenols is 2. The molecule has 32 nitrogen and oxygen atoms in total. The molecule has 114 heavy (non-hydrogen) atoms. The molecule has 618 valence electrons. The standard InChI is InChI=1S/C80H109N15O17S2/c1-7-15-55-70(103)87-57-31-34-82-62(100)22-12-11-21-56(72(105)93-64(44(2)96)76(109)89-60(74(107)85-55)39-51-40-84-69-54(51)20-14-33-83-69)86-73(106)58(37-46-23-27-52(98)28-24-46)90-79(112)67(80(4,5)6)92-63(101)32-35-113-41-48-16-13-17-49(36-48)42-114-43-61(68(81)102)91-77(110)65(45(3)97)94-78(111)66(50-18-9-8-10-19-50)95-75(108)59(88-71(57)104)38-47-25-29-53(99)30-26-47/h13-14,16-17,20,23-30,33,36,40,44-45,50,55-61,64-67,96-99H,7-12,15,18-19,21-22,31-32,34-35,37-39,41-43H2,1-6H3,(H2,81,102)(H,82,100)(H,83,84)(H,85,107)(H,86,106)(H,87,103)(H,88,104)(H,89,109)(H,90,112)(H,91,110)(H,92,101)(H,93,105)(H,94,111)(H,95,108)/t44-,45-,55+,56+,57+,58+,59+,60+,61+,64-,65+,66+,67-/m1/s1. The number of carbonyl (C=O) groups excluding carboxylic acids is 13. The summed E-state index contributed by atoms with van der Waals surface area (Å²) in [7, 11) is 0. The molecule has 13 atom stereocenters. The Morgan fingerprint density at radius 3 is 1.67 bits per heavy atom. The van der Waals surface area contributed by atoms with E-state index in [1.54, 1.807) is 46.0 Å². The van der Waals surface area contributed by atoms with Crippen molar-refractivity contribution in [3.8, 4) is 11.5 Å². The molecule has 1 saturated heterocycles. The van der Waals surface area contributed by atoms with Crippen LogP contribution in [0.5, 0.6) is 11.5 Å². The van der Waals surface area contributed by atoms with Crippen LogP contribution >= 0.6 is 23.5 Å². The van der Waals surface area contributed by atoms with Gasteiger partial charge in [0, 0.05) is 79.4 Å². The second kappa shape index (κ2) is 43.2. The number of hydrogen-bond acceptors (Lipinski definition) is 20. The Bertz CT molecular complexity index is 4170. The SMILES string of the molecule is CCC[C@@H]1NC(=O)[C@H](Cc2c[nH]c3ncccc23)NC(=O)[C@@H]([C@@H](C)O)NC(=O)[C@@H]2CCCCC(=O)NCC[C@H](NC1=O)C(=O)N[C@@H](Cc1ccc(O)cc1)C(=O)N[C@@H](C1CCCCC1)C(=O)N[C@@H]([C@@H](C)O)C(=O)N[C@H](C(N)=O)CSCc1cccc(c1)CSCCC(=O)N[C@@H](C(C)(C)C)C(=O)N[C@@H](Cc1ccc(O)cc1)C(=O)N2. The normalized spacial score (nSPS) is 25.4. The lowest BCUT2D eigenvalue weighted by Gasteiger charge is -2.33. The van der Waals surface area contributed by atoms with E-state index in [-0.39, 0.29) is 94.4 Å². The fourth-order valence-electron chi connectivity index (χ4n) is 13.8. The number of aromatic hydroxyl groups is 2. The first kappa shape index (κ1) is 89.2. The number of aliphatic hydroxyl groups is 2. The summed E-state index contributed by atoms with van der Waals surface area (Å²) in [6.07, 6.45) is 1.47. The van der Waals surface area contributed by atoms with Crippen LogP contribution in [0.3, 0.4) is 0 Å². The third-order valence-corrected chi connectivity index (χ3v) is 22.3. The number of primary amides is 1. The number of benzene rings is 3. The van der Waals surface area contributed by atoms with Gasteiger partial charge in [-0.05, 0) is 128 Å². The van der Waals surface area contributed by atoms with Crippen molar-refractivity contribution in [1.82, 2.24) is 73.8 Å². The lowest BCUT2D eigenvalue weighted by atomic mass is 9.83. The molecule has 3 aliphatic rings. The Balaban J connectivity index is 1.19. The smallest absolute Gasteiger partial charge is 0.245 e. The Morgan fingerprint density at radius 1 is 0.535 bits per heavy atom. The van der Waals surface area contributed by atoms with Crippen molar-refractivity contribution in [3.05, 3.63) is 125 Å². The number of nitrogens with one attached hydrogen (secondary N) is 13. The summed E-state index contributed by atoms with van der Waals surface area (Å²) in [4.78, 5) is 198. The van der Waals surface area contributed by atoms with Crippen molar-refractivity contribution < 1.29 is 82.8 Å².